The van der Waals surface area contributed by atoms with Crippen molar-refractivity contribution in [3.05, 3.63) is 89.1 Å². The number of likely N-dealkylation sites (tertiary alicyclic amines) is 2. The topological polar surface area (TPSA) is 49.7 Å². The van der Waals surface area contributed by atoms with Crippen LogP contribution in [-0.2, 0) is 24.4 Å². The van der Waals surface area contributed by atoms with Crippen LogP contribution in [-0.4, -0.2) is 64.3 Å². The number of aryl methyl sites for hydroxylation is 1. The van der Waals surface area contributed by atoms with E-state index in [2.05, 4.69) is 54.9 Å². The molecule has 0 amide bonds. The molecule has 0 saturated carbocycles. The number of piperidine rings is 1. The summed E-state index contributed by atoms with van der Waals surface area (Å²) in [6, 6.07) is 21.8. The highest BCUT2D eigenvalue weighted by atomic mass is 35.5. The molecule has 48 heavy (non-hydrogen) atoms. The van der Waals surface area contributed by atoms with Crippen LogP contribution >= 0.6 is 11.6 Å². The smallest absolute Gasteiger partial charge is 0.406 e. The minimum absolute atomic E-state index is 0.00302. The minimum atomic E-state index is -4.73. The van der Waals surface area contributed by atoms with Gasteiger partial charge in [-0.3, -0.25) is 14.6 Å². The van der Waals surface area contributed by atoms with Crippen LogP contribution in [0.4, 0.5) is 13.2 Å². The van der Waals surface area contributed by atoms with E-state index in [1.807, 2.05) is 18.2 Å². The summed E-state index contributed by atoms with van der Waals surface area (Å²) in [6.45, 7) is 5.42. The van der Waals surface area contributed by atoms with E-state index in [0.717, 1.165) is 105 Å². The number of halogens is 4. The number of ketones is 1. The molecule has 7 rings (SSSR count). The first kappa shape index (κ1) is 33.1. The van der Waals surface area contributed by atoms with E-state index >= 15 is 0 Å². The summed E-state index contributed by atoms with van der Waals surface area (Å²) in [5, 5.41) is 5.25. The molecule has 0 spiro atoms. The summed E-state index contributed by atoms with van der Waals surface area (Å²) in [4.78, 5) is 17.8. The minimum Gasteiger partial charge on any atom is -0.406 e. The third kappa shape index (κ3) is 7.59. The van der Waals surface area contributed by atoms with Gasteiger partial charge in [-0.1, -0.05) is 54.4 Å². The lowest BCUT2D eigenvalue weighted by molar-refractivity contribution is -0.274. The van der Waals surface area contributed by atoms with Gasteiger partial charge >= 0.3 is 6.36 Å². The van der Waals surface area contributed by atoms with Crippen molar-refractivity contribution in [2.75, 3.05) is 19.6 Å². The summed E-state index contributed by atoms with van der Waals surface area (Å²) >= 11 is 6.45. The maximum atomic E-state index is 12.8. The van der Waals surface area contributed by atoms with Crippen molar-refractivity contribution in [3.63, 3.8) is 0 Å². The molecule has 3 atom stereocenters. The number of carbonyl (C=O) groups is 1. The fourth-order valence-corrected chi connectivity index (χ4v) is 8.07. The molecule has 2 bridgehead atoms. The second kappa shape index (κ2) is 14.2. The van der Waals surface area contributed by atoms with Gasteiger partial charge in [0.05, 0.1) is 6.04 Å². The van der Waals surface area contributed by atoms with Crippen LogP contribution in [0, 0.1) is 0 Å². The van der Waals surface area contributed by atoms with Gasteiger partial charge in [0.15, 0.2) is 0 Å². The van der Waals surface area contributed by atoms with Gasteiger partial charge in [0.25, 0.3) is 0 Å². The number of ether oxygens (including phenoxy) is 1. The number of nitrogens with one attached hydrogen (secondary N) is 1. The molecule has 3 saturated heterocycles. The van der Waals surface area contributed by atoms with Crippen LogP contribution in [0.15, 0.2) is 72.9 Å². The Balaban J connectivity index is 1.06. The van der Waals surface area contributed by atoms with Gasteiger partial charge in [-0.05, 0) is 85.7 Å². The molecular formula is C38H42ClF3N4O2. The summed E-state index contributed by atoms with van der Waals surface area (Å²) in [5.41, 5.74) is 5.28. The van der Waals surface area contributed by atoms with Crippen LogP contribution in [0.1, 0.15) is 56.1 Å². The Hall–Kier alpha value is -3.37. The molecule has 3 aliphatic rings. The molecule has 6 nitrogen and oxygen atoms in total. The van der Waals surface area contributed by atoms with Crippen molar-refractivity contribution in [2.24, 2.45) is 0 Å². The maximum absolute atomic E-state index is 12.8. The van der Waals surface area contributed by atoms with Crippen LogP contribution in [0.2, 0.25) is 5.02 Å². The summed E-state index contributed by atoms with van der Waals surface area (Å²) in [6.07, 6.45) is 3.94. The Kier molecular flexibility index (Phi) is 9.83. The molecule has 3 fully saturated rings. The standard InChI is InChI=1S/C38H42ClF3N4O2/c39-34-8-2-1-7-28(34)22-46-24-29-20-30(46)23-45(29)21-26-11-16-36-32(19-26)33(27-12-14-31(15-13-27)48-38(40,41)42)25-44(36)18-6-4-10-37(47)35-9-3-5-17-43-35/h1-2,7-8,11-16,19,25,29-30,35,43H,3-6,9-10,17-18,20-24H2. The van der Waals surface area contributed by atoms with Crippen molar-refractivity contribution in [1.29, 1.82) is 0 Å². The highest BCUT2D eigenvalue weighted by Crippen LogP contribution is 2.37. The molecule has 4 aromatic rings. The number of nitrogens with zero attached hydrogens (tertiary/aromatic N) is 3. The average molecular weight is 679 g/mol. The largest absolute Gasteiger partial charge is 0.573 e. The monoisotopic (exact) mass is 678 g/mol. The van der Waals surface area contributed by atoms with Gasteiger partial charge in [-0.2, -0.15) is 0 Å². The average Bonchev–Trinajstić information content (AvgIpc) is 3.77. The van der Waals surface area contributed by atoms with E-state index in [0.29, 0.717) is 24.3 Å². The quantitative estimate of drug-likeness (QED) is 0.153. The molecule has 1 N–H and O–H groups in total. The summed E-state index contributed by atoms with van der Waals surface area (Å²) in [7, 11) is 0. The van der Waals surface area contributed by atoms with E-state index in [9.17, 15) is 18.0 Å². The molecule has 3 aliphatic heterocycles. The molecule has 254 valence electrons. The van der Waals surface area contributed by atoms with Crippen molar-refractivity contribution >= 4 is 28.3 Å². The molecule has 4 heterocycles. The molecule has 0 aliphatic carbocycles. The van der Waals surface area contributed by atoms with E-state index in [4.69, 9.17) is 11.6 Å². The van der Waals surface area contributed by atoms with E-state index < -0.39 is 6.36 Å². The SMILES string of the molecule is O=C(CCCCn1cc(-c2ccc(OC(F)(F)F)cc2)c2cc(CN3CC4CC3CN4Cc3ccccc3Cl)ccc21)C1CCCCN1. The first-order chi connectivity index (χ1) is 23.2. The lowest BCUT2D eigenvalue weighted by Gasteiger charge is -2.34. The van der Waals surface area contributed by atoms with Gasteiger partial charge in [-0.15, -0.1) is 13.2 Å². The molecule has 0 radical (unpaired) electrons. The van der Waals surface area contributed by atoms with Crippen LogP contribution in [0.5, 0.6) is 5.75 Å². The van der Waals surface area contributed by atoms with Gasteiger partial charge in [-0.25, -0.2) is 0 Å². The first-order valence-electron chi connectivity index (χ1n) is 17.2. The molecule has 3 unspecified atom stereocenters. The molecule has 3 aromatic carbocycles. The van der Waals surface area contributed by atoms with Crippen LogP contribution in [0.3, 0.4) is 0 Å². The third-order valence-electron chi connectivity index (χ3n) is 10.3. The number of alkyl halides is 3. The number of carbonyl (C=O) groups excluding carboxylic acids is 1. The zero-order chi connectivity index (χ0) is 33.3. The van der Waals surface area contributed by atoms with E-state index in [1.165, 1.54) is 23.3 Å². The van der Waals surface area contributed by atoms with E-state index in [1.54, 1.807) is 12.1 Å². The Labute approximate surface area is 284 Å². The second-order valence-electron chi connectivity index (χ2n) is 13.6. The summed E-state index contributed by atoms with van der Waals surface area (Å²) < 4.78 is 44.8. The number of fused-ring (bicyclic) bond motifs is 3. The fourth-order valence-electron chi connectivity index (χ4n) is 7.88. The third-order valence-corrected chi connectivity index (χ3v) is 10.7. The predicted octanol–water partition coefficient (Wildman–Crippen LogP) is 8.20. The number of rotatable bonds is 12. The summed E-state index contributed by atoms with van der Waals surface area (Å²) in [5.74, 6) is 0.0709. The van der Waals surface area contributed by atoms with E-state index in [-0.39, 0.29) is 11.8 Å². The number of unbranched alkanes of at least 4 members (excludes halogenated alkanes) is 1. The highest BCUT2D eigenvalue weighted by molar-refractivity contribution is 6.31. The lowest BCUT2D eigenvalue weighted by Crippen LogP contribution is -2.45. The first-order valence-corrected chi connectivity index (χ1v) is 17.5. The normalized spacial score (nSPS) is 21.7. The molecule has 10 heteroatoms. The number of benzene rings is 3. The Morgan fingerprint density at radius 1 is 0.938 bits per heavy atom. The zero-order valence-electron chi connectivity index (χ0n) is 27.0. The highest BCUT2D eigenvalue weighted by Gasteiger charge is 2.43. The zero-order valence-corrected chi connectivity index (χ0v) is 27.8. The van der Waals surface area contributed by atoms with Crippen LogP contribution in [0.25, 0.3) is 22.0 Å². The van der Waals surface area contributed by atoms with Gasteiger partial charge in [0.2, 0.25) is 0 Å². The van der Waals surface area contributed by atoms with Gasteiger partial charge in [0.1, 0.15) is 11.5 Å². The Morgan fingerprint density at radius 2 is 1.71 bits per heavy atom. The number of hydrogen-bond acceptors (Lipinski definition) is 5. The number of aromatic nitrogens is 1. The van der Waals surface area contributed by atoms with Crippen molar-refractivity contribution in [1.82, 2.24) is 19.7 Å². The van der Waals surface area contributed by atoms with Gasteiger partial charge in [0, 0.05) is 78.9 Å². The molecular weight excluding hydrogens is 637 g/mol. The molecule has 1 aromatic heterocycles. The predicted molar refractivity (Wildman–Crippen MR) is 183 cm³/mol. The lowest BCUT2D eigenvalue weighted by atomic mass is 9.98. The number of Topliss-reactive ketones (excluding diaryl/α,β-unsaturated/α-hetero) is 1. The second-order valence-corrected chi connectivity index (χ2v) is 14.0. The fraction of sp³-hybridized carbons (Fsp3) is 0.447. The maximum Gasteiger partial charge on any atom is 0.573 e. The van der Waals surface area contributed by atoms with Crippen LogP contribution < -0.4 is 10.1 Å². The van der Waals surface area contributed by atoms with Crippen molar-refractivity contribution < 1.29 is 22.7 Å². The Bertz CT molecular complexity index is 1730. The number of hydrogen-bond donors (Lipinski definition) is 1. The number of piperazine rings is 1. The Morgan fingerprint density at radius 3 is 2.42 bits per heavy atom. The van der Waals surface area contributed by atoms with Crippen molar-refractivity contribution in [3.8, 4) is 16.9 Å². The van der Waals surface area contributed by atoms with Crippen molar-refractivity contribution in [2.45, 2.75) is 89.1 Å². The van der Waals surface area contributed by atoms with Gasteiger partial charge < -0.3 is 14.6 Å².